The molecule has 0 bridgehead atoms. The van der Waals surface area contributed by atoms with Crippen molar-refractivity contribution in [3.63, 3.8) is 0 Å². The Morgan fingerprint density at radius 3 is 1.44 bits per heavy atom. The number of benzene rings is 3. The van der Waals surface area contributed by atoms with E-state index >= 15 is 0 Å². The first-order valence-electron chi connectivity index (χ1n) is 12.5. The van der Waals surface area contributed by atoms with Crippen LogP contribution in [0, 0.1) is 5.92 Å². The number of hydrogen-bond acceptors (Lipinski definition) is 4. The second kappa shape index (κ2) is 11.8. The molecule has 0 amide bonds. The molecule has 4 nitrogen and oxygen atoms in total. The zero-order chi connectivity index (χ0) is 26.3. The van der Waals surface area contributed by atoms with Crippen molar-refractivity contribution in [1.82, 2.24) is 0 Å². The van der Waals surface area contributed by atoms with Crippen LogP contribution in [-0.2, 0) is 19.1 Å². The van der Waals surface area contributed by atoms with Crippen LogP contribution in [0.15, 0.2) is 91.0 Å². The molecule has 0 aliphatic carbocycles. The molecule has 36 heavy (non-hydrogen) atoms. The highest BCUT2D eigenvalue weighted by atomic mass is 28.3. The smallest absolute Gasteiger partial charge is 0.320 e. The molecular formula is C30H38O4Si2. The van der Waals surface area contributed by atoms with E-state index in [9.17, 15) is 9.59 Å². The van der Waals surface area contributed by atoms with E-state index in [0.717, 1.165) is 0 Å². The van der Waals surface area contributed by atoms with Crippen molar-refractivity contribution in [3.05, 3.63) is 96.6 Å². The average Bonchev–Trinajstić information content (AvgIpc) is 2.91. The SMILES string of the molecule is COC(=O)C(C(=O)OC)[C@H](C[C@@H](c1ccccc1)[Si](C)(C)c1ccccc1)[Si](C)(C)c1ccccc1. The fraction of sp³-hybridized carbons (Fsp3) is 0.333. The molecule has 0 aromatic heterocycles. The molecular weight excluding hydrogens is 480 g/mol. The first-order valence-corrected chi connectivity index (χ1v) is 18.6. The monoisotopic (exact) mass is 518 g/mol. The van der Waals surface area contributed by atoms with Gasteiger partial charge in [0.25, 0.3) is 0 Å². The van der Waals surface area contributed by atoms with Crippen LogP contribution in [0.3, 0.4) is 0 Å². The van der Waals surface area contributed by atoms with Crippen LogP contribution in [0.2, 0.25) is 31.7 Å². The van der Waals surface area contributed by atoms with E-state index in [-0.39, 0.29) is 11.1 Å². The molecule has 0 saturated heterocycles. The van der Waals surface area contributed by atoms with Gasteiger partial charge in [-0.3, -0.25) is 9.59 Å². The minimum atomic E-state index is -2.38. The van der Waals surface area contributed by atoms with Crippen LogP contribution in [0.1, 0.15) is 17.5 Å². The molecule has 0 heterocycles. The van der Waals surface area contributed by atoms with Gasteiger partial charge in [-0.15, -0.1) is 0 Å². The lowest BCUT2D eigenvalue weighted by Gasteiger charge is -2.42. The van der Waals surface area contributed by atoms with Crippen molar-refractivity contribution in [2.24, 2.45) is 5.92 Å². The Kier molecular flexibility index (Phi) is 9.09. The number of rotatable bonds is 10. The Morgan fingerprint density at radius 1 is 0.639 bits per heavy atom. The maximum Gasteiger partial charge on any atom is 0.320 e. The molecule has 0 fully saturated rings. The summed E-state index contributed by atoms with van der Waals surface area (Å²) < 4.78 is 10.4. The molecule has 0 aliphatic rings. The molecule has 0 unspecified atom stereocenters. The van der Waals surface area contributed by atoms with Crippen LogP contribution >= 0.6 is 0 Å². The first kappa shape index (κ1) is 27.6. The largest absolute Gasteiger partial charge is 0.468 e. The van der Waals surface area contributed by atoms with Gasteiger partial charge in [0.15, 0.2) is 5.92 Å². The minimum absolute atomic E-state index is 0.179. The van der Waals surface area contributed by atoms with Crippen LogP contribution < -0.4 is 10.4 Å². The van der Waals surface area contributed by atoms with Crippen LogP contribution in [0.5, 0.6) is 0 Å². The van der Waals surface area contributed by atoms with Gasteiger partial charge in [-0.05, 0) is 23.1 Å². The zero-order valence-corrected chi connectivity index (χ0v) is 24.2. The normalized spacial score (nSPS) is 13.6. The zero-order valence-electron chi connectivity index (χ0n) is 22.2. The molecule has 3 aromatic carbocycles. The van der Waals surface area contributed by atoms with E-state index in [1.54, 1.807) is 0 Å². The summed E-state index contributed by atoms with van der Waals surface area (Å²) >= 11 is 0. The van der Waals surface area contributed by atoms with Gasteiger partial charge in [-0.1, -0.05) is 128 Å². The highest BCUT2D eigenvalue weighted by Gasteiger charge is 2.49. The van der Waals surface area contributed by atoms with Gasteiger partial charge in [-0.25, -0.2) is 0 Å². The predicted molar refractivity (Wildman–Crippen MR) is 152 cm³/mol. The highest BCUT2D eigenvalue weighted by Crippen LogP contribution is 2.43. The van der Waals surface area contributed by atoms with Gasteiger partial charge in [0, 0.05) is 0 Å². The molecule has 0 spiro atoms. The van der Waals surface area contributed by atoms with Gasteiger partial charge in [-0.2, -0.15) is 0 Å². The summed E-state index contributed by atoms with van der Waals surface area (Å²) in [5, 5.41) is 2.56. The van der Waals surface area contributed by atoms with Gasteiger partial charge >= 0.3 is 11.9 Å². The summed E-state index contributed by atoms with van der Waals surface area (Å²) in [6.07, 6.45) is 0.696. The third kappa shape index (κ3) is 5.87. The van der Waals surface area contributed by atoms with E-state index in [2.05, 4.69) is 86.9 Å². The quantitative estimate of drug-likeness (QED) is 0.209. The van der Waals surface area contributed by atoms with Crippen molar-refractivity contribution >= 4 is 38.5 Å². The third-order valence-electron chi connectivity index (χ3n) is 7.84. The lowest BCUT2D eigenvalue weighted by molar-refractivity contribution is -0.159. The number of hydrogen-bond donors (Lipinski definition) is 0. The molecule has 190 valence electrons. The van der Waals surface area contributed by atoms with E-state index in [4.69, 9.17) is 9.47 Å². The predicted octanol–water partition coefficient (Wildman–Crippen LogP) is 5.26. The summed E-state index contributed by atoms with van der Waals surface area (Å²) in [5.41, 5.74) is 1.20. The molecule has 2 atom stereocenters. The fourth-order valence-corrected chi connectivity index (χ4v) is 12.4. The molecule has 0 saturated carbocycles. The summed E-state index contributed by atoms with van der Waals surface area (Å²) in [4.78, 5) is 26.4. The van der Waals surface area contributed by atoms with E-state index < -0.39 is 34.0 Å². The fourth-order valence-electron chi connectivity index (χ4n) is 5.46. The van der Waals surface area contributed by atoms with Crippen molar-refractivity contribution in [3.8, 4) is 0 Å². The third-order valence-corrected chi connectivity index (χ3v) is 16.2. The Labute approximate surface area is 217 Å². The topological polar surface area (TPSA) is 52.6 Å². The van der Waals surface area contributed by atoms with Crippen molar-refractivity contribution in [1.29, 1.82) is 0 Å². The molecule has 0 aliphatic heterocycles. The van der Waals surface area contributed by atoms with E-state index in [0.29, 0.717) is 6.42 Å². The standard InChI is InChI=1S/C30H38O4Si2/c1-33-29(31)28(30(32)34-2)27(36(5,6)25-20-14-9-15-21-25)22-26(23-16-10-7-11-17-23)35(3,4)24-18-12-8-13-19-24/h7-21,26-28H,22H2,1-6H3/t26-,27-/m0/s1. The summed E-state index contributed by atoms with van der Waals surface area (Å²) in [6.45, 7) is 9.29. The molecule has 0 radical (unpaired) electrons. The van der Waals surface area contributed by atoms with Crippen molar-refractivity contribution < 1.29 is 19.1 Å². The molecule has 3 rings (SSSR count). The van der Waals surface area contributed by atoms with Crippen LogP contribution in [-0.4, -0.2) is 42.3 Å². The van der Waals surface area contributed by atoms with Gasteiger partial charge in [0.1, 0.15) is 0 Å². The molecule has 0 N–H and O–H groups in total. The molecule has 3 aromatic rings. The lowest BCUT2D eigenvalue weighted by atomic mass is 9.98. The Morgan fingerprint density at radius 2 is 1.03 bits per heavy atom. The Balaban J connectivity index is 2.21. The van der Waals surface area contributed by atoms with Crippen molar-refractivity contribution in [2.45, 2.75) is 43.7 Å². The molecule has 6 heteroatoms. The first-order chi connectivity index (χ1) is 17.1. The minimum Gasteiger partial charge on any atom is -0.468 e. The van der Waals surface area contributed by atoms with Crippen LogP contribution in [0.4, 0.5) is 0 Å². The Bertz CT molecular complexity index is 1120. The van der Waals surface area contributed by atoms with Gasteiger partial charge < -0.3 is 9.47 Å². The number of ether oxygens (including phenoxy) is 2. The lowest BCUT2D eigenvalue weighted by Crippen LogP contribution is -2.55. The van der Waals surface area contributed by atoms with Crippen molar-refractivity contribution in [2.75, 3.05) is 14.2 Å². The summed E-state index contributed by atoms with van der Waals surface area (Å²) in [6, 6.07) is 31.5. The van der Waals surface area contributed by atoms with Gasteiger partial charge in [0.05, 0.1) is 30.4 Å². The highest BCUT2D eigenvalue weighted by molar-refractivity contribution is 6.92. The van der Waals surface area contributed by atoms with Gasteiger partial charge in [0.2, 0.25) is 0 Å². The number of carbonyl (C=O) groups excluding carboxylic acids is 2. The second-order valence-electron chi connectivity index (χ2n) is 10.5. The number of esters is 2. The number of methoxy groups -OCH3 is 2. The second-order valence-corrected chi connectivity index (χ2v) is 20.0. The number of carbonyl (C=O) groups is 2. The van der Waals surface area contributed by atoms with E-state index in [1.165, 1.54) is 30.2 Å². The van der Waals surface area contributed by atoms with E-state index in [1.807, 2.05) is 30.3 Å². The average molecular weight is 519 g/mol. The summed E-state index contributed by atoms with van der Waals surface area (Å²) in [7, 11) is -1.79. The van der Waals surface area contributed by atoms with Crippen LogP contribution in [0.25, 0.3) is 0 Å². The maximum atomic E-state index is 13.2. The maximum absolute atomic E-state index is 13.2. The Hall–Kier alpha value is -2.97. The summed E-state index contributed by atoms with van der Waals surface area (Å²) in [5.74, 6) is -2.02.